The van der Waals surface area contributed by atoms with Crippen LogP contribution in [0.1, 0.15) is 0 Å². The zero-order valence-corrected chi connectivity index (χ0v) is 13.0. The van der Waals surface area contributed by atoms with Crippen LogP contribution in [0.5, 0.6) is 0 Å². The third-order valence-corrected chi connectivity index (χ3v) is 0. The van der Waals surface area contributed by atoms with Crippen molar-refractivity contribution in [1.82, 2.24) is 0 Å². The molecule has 0 rings (SSSR count). The minimum atomic E-state index is -4.67. The molecule has 0 fully saturated rings. The first-order chi connectivity index (χ1) is 6.46. The molecule has 0 atom stereocenters. The van der Waals surface area contributed by atoms with Gasteiger partial charge < -0.3 is 20.4 Å². The molecule has 6 N–H and O–H groups in total. The van der Waals surface area contributed by atoms with E-state index >= 15 is 0 Å². The first-order valence-electron chi connectivity index (χ1n) is 2.38. The number of hydrogen-bond acceptors (Lipinski definition) is 4. The Hall–Kier alpha value is 3.63. The van der Waals surface area contributed by atoms with Crippen molar-refractivity contribution >= 4 is 175 Å². The summed E-state index contributed by atoms with van der Waals surface area (Å²) in [6.45, 7) is 0. The summed E-state index contributed by atoms with van der Waals surface area (Å²) < 4.78 is 36.4. The van der Waals surface area contributed by atoms with Crippen LogP contribution in [-0.2, 0) is 10.4 Å². The predicted octanol–water partition coefficient (Wildman–Crippen LogP) is -1.42. The van der Waals surface area contributed by atoms with Crippen molar-refractivity contribution in [2.45, 2.75) is 0 Å². The molecule has 0 aliphatic heterocycles. The molecule has 0 bridgehead atoms. The Morgan fingerprint density at radius 1 is 0.789 bits per heavy atom. The van der Waals surface area contributed by atoms with Gasteiger partial charge in [0.05, 0.1) is 0 Å². The molecule has 0 aromatic rings. The molecule has 0 aromatic carbocycles. The van der Waals surface area contributed by atoms with Crippen molar-refractivity contribution in [3.8, 4) is 0 Å². The SMILES string of the molecule is Cl.O=C(O)O.O=C(O)O.O=S(=O)(O)O.[Cl][K].[NaH].[NaH].[NaH]. The molecule has 0 heterocycles. The van der Waals surface area contributed by atoms with Gasteiger partial charge in [0.25, 0.3) is 0 Å². The Labute approximate surface area is 217 Å². The average molecular weight is 405 g/mol. The summed E-state index contributed by atoms with van der Waals surface area (Å²) >= 11 is 0.535. The second-order valence-corrected chi connectivity index (χ2v) is 1.91. The van der Waals surface area contributed by atoms with Crippen molar-refractivity contribution in [3.05, 3.63) is 0 Å². The van der Waals surface area contributed by atoms with Crippen LogP contribution in [0.4, 0.5) is 9.59 Å². The maximum absolute atomic E-state index is 8.74. The second-order valence-electron chi connectivity index (χ2n) is 1.01. The van der Waals surface area contributed by atoms with Gasteiger partial charge in [-0.05, 0) is 0 Å². The van der Waals surface area contributed by atoms with Crippen LogP contribution in [0.25, 0.3) is 0 Å². The van der Waals surface area contributed by atoms with Crippen molar-refractivity contribution in [2.75, 3.05) is 0 Å². The molecular formula is C2H10Cl2KNa3O10S. The molecule has 17 heteroatoms. The van der Waals surface area contributed by atoms with Crippen LogP contribution in [0, 0.1) is 0 Å². The fourth-order valence-corrected chi connectivity index (χ4v) is 0. The van der Waals surface area contributed by atoms with E-state index in [-0.39, 0.29) is 101 Å². The molecule has 19 heavy (non-hydrogen) atoms. The van der Waals surface area contributed by atoms with Gasteiger partial charge in [-0.1, -0.05) is 0 Å². The van der Waals surface area contributed by atoms with E-state index in [4.69, 9.17) is 51.3 Å². The molecule has 0 amide bonds. The maximum atomic E-state index is 8.74. The van der Waals surface area contributed by atoms with Crippen LogP contribution >= 0.6 is 16.2 Å². The van der Waals surface area contributed by atoms with E-state index in [0.29, 0.717) is 47.1 Å². The van der Waals surface area contributed by atoms with E-state index in [1.165, 1.54) is 0 Å². The summed E-state index contributed by atoms with van der Waals surface area (Å²) in [7, 11) is -4.67. The average Bonchev–Trinajstić information content (AvgIpc) is 1.83. The van der Waals surface area contributed by atoms with Crippen LogP contribution < -0.4 is 0 Å². The van der Waals surface area contributed by atoms with Crippen LogP contribution in [0.3, 0.4) is 0 Å². The molecule has 0 spiro atoms. The summed E-state index contributed by atoms with van der Waals surface area (Å²) in [6, 6.07) is 0. The molecule has 102 valence electrons. The van der Waals surface area contributed by atoms with E-state index in [9.17, 15) is 0 Å². The van der Waals surface area contributed by atoms with E-state index < -0.39 is 22.7 Å². The molecule has 10 nitrogen and oxygen atoms in total. The van der Waals surface area contributed by atoms with Gasteiger partial charge >= 0.3 is 162 Å². The molecule has 0 saturated carbocycles. The summed E-state index contributed by atoms with van der Waals surface area (Å²) in [4.78, 5) is 17.1. The number of rotatable bonds is 0. The number of carbonyl (C=O) groups is 2. The topological polar surface area (TPSA) is 190 Å². The predicted molar refractivity (Wildman–Crippen MR) is 75.8 cm³/mol. The fraction of sp³-hybridized carbons (Fsp3) is 0. The van der Waals surface area contributed by atoms with E-state index in [1.807, 2.05) is 0 Å². The van der Waals surface area contributed by atoms with E-state index in [2.05, 4.69) is 0 Å². The number of carboxylic acid groups (broad SMARTS) is 4. The monoisotopic (exact) mass is 404 g/mol. The van der Waals surface area contributed by atoms with E-state index in [1.54, 1.807) is 0 Å². The van der Waals surface area contributed by atoms with Gasteiger partial charge in [0, 0.05) is 0 Å². The van der Waals surface area contributed by atoms with Gasteiger partial charge in [0.2, 0.25) is 0 Å². The molecule has 0 radical (unpaired) electrons. The van der Waals surface area contributed by atoms with Crippen LogP contribution in [0.15, 0.2) is 0 Å². The minimum absolute atomic E-state index is 0. The Balaban J connectivity index is -0.0000000136. The first-order valence-corrected chi connectivity index (χ1v) is 8.07. The second kappa shape index (κ2) is 37.7. The summed E-state index contributed by atoms with van der Waals surface area (Å²) in [6.07, 6.45) is -3.67. The van der Waals surface area contributed by atoms with E-state index in [0.717, 1.165) is 0 Å². The zero-order valence-electron chi connectivity index (χ0n) is 7.51. The van der Waals surface area contributed by atoms with Crippen molar-refractivity contribution in [3.63, 3.8) is 0 Å². The molecule has 0 saturated heterocycles. The van der Waals surface area contributed by atoms with Crippen molar-refractivity contribution < 1.29 is 47.5 Å². The molecule has 0 aliphatic rings. The Bertz CT molecular complexity index is 234. The fourth-order valence-electron chi connectivity index (χ4n) is 0. The first kappa shape index (κ1) is 49.5. The normalized spacial score (nSPS) is 5.95. The van der Waals surface area contributed by atoms with Gasteiger partial charge in [-0.2, -0.15) is 8.42 Å². The van der Waals surface area contributed by atoms with Gasteiger partial charge in [-0.3, -0.25) is 9.11 Å². The van der Waals surface area contributed by atoms with Crippen molar-refractivity contribution in [1.29, 1.82) is 0 Å². The number of halogens is 2. The van der Waals surface area contributed by atoms with Gasteiger partial charge in [-0.25, -0.2) is 9.59 Å². The quantitative estimate of drug-likeness (QED) is 0.206. The summed E-state index contributed by atoms with van der Waals surface area (Å²) in [5.41, 5.74) is 0. The molecule has 0 aliphatic carbocycles. The summed E-state index contributed by atoms with van der Waals surface area (Å²) in [5, 5.41) is 27.9. The molecule has 0 unspecified atom stereocenters. The van der Waals surface area contributed by atoms with Gasteiger partial charge in [0.15, 0.2) is 0 Å². The standard InChI is InChI=1S/2CH2O3.2ClH.K.3Na.H2O4S.3H/c2*2-1(3)4;;;;;;;1-5(2,3)4;;;/h2*(H2,2,3,4);2*1H;;;;;(H2,1,2,3,4);;;/q;;;;+1;;;;;;;/p-1. The van der Waals surface area contributed by atoms with Crippen LogP contribution in [-0.4, -0.2) is 186 Å². The van der Waals surface area contributed by atoms with Gasteiger partial charge in [-0.15, -0.1) is 12.4 Å². The Morgan fingerprint density at radius 3 is 0.789 bits per heavy atom. The third kappa shape index (κ3) is 633. The Morgan fingerprint density at radius 2 is 0.789 bits per heavy atom. The molecule has 0 aromatic heterocycles. The third-order valence-electron chi connectivity index (χ3n) is 0. The molecular weight excluding hydrogens is 395 g/mol. The van der Waals surface area contributed by atoms with Crippen LogP contribution in [0.2, 0.25) is 0 Å². The van der Waals surface area contributed by atoms with Crippen molar-refractivity contribution in [2.24, 2.45) is 0 Å². The van der Waals surface area contributed by atoms with Gasteiger partial charge in [0.1, 0.15) is 0 Å². The zero-order chi connectivity index (χ0) is 13.7. The Kier molecular flexibility index (Phi) is 98.1. The summed E-state index contributed by atoms with van der Waals surface area (Å²) in [5.74, 6) is 0. The number of hydrogen-bond donors (Lipinski definition) is 6.